The van der Waals surface area contributed by atoms with E-state index in [1.165, 1.54) is 12.3 Å². The number of benzene rings is 1. The first-order valence-corrected chi connectivity index (χ1v) is 6.04. The Hall–Kier alpha value is -1.94. The molecule has 100 valence electrons. The quantitative estimate of drug-likeness (QED) is 0.919. The smallest absolute Gasteiger partial charge is 0.141 e. The van der Waals surface area contributed by atoms with Crippen molar-refractivity contribution in [3.05, 3.63) is 59.7 Å². The number of aromatic nitrogens is 1. The second-order valence-electron chi connectivity index (χ2n) is 4.83. The molecule has 0 radical (unpaired) electrons. The normalized spacial score (nSPS) is 13.9. The van der Waals surface area contributed by atoms with Gasteiger partial charge < -0.3 is 10.5 Å². The largest absolute Gasteiger partial charge is 0.497 e. The number of methoxy groups -OCH3 is 1. The third-order valence-electron chi connectivity index (χ3n) is 3.09. The SMILES string of the molecule is COc1ccc(CC(C)(N)c2cncc(F)c2)cc1. The molecule has 0 aliphatic carbocycles. The van der Waals surface area contributed by atoms with Crippen LogP contribution in [-0.2, 0) is 12.0 Å². The van der Waals surface area contributed by atoms with Crippen LogP contribution in [0.4, 0.5) is 4.39 Å². The van der Waals surface area contributed by atoms with E-state index in [0.717, 1.165) is 11.3 Å². The Labute approximate surface area is 112 Å². The van der Waals surface area contributed by atoms with Gasteiger partial charge in [-0.25, -0.2) is 4.39 Å². The molecule has 2 aromatic rings. The molecule has 2 N–H and O–H groups in total. The highest BCUT2D eigenvalue weighted by Crippen LogP contribution is 2.23. The number of halogens is 1. The van der Waals surface area contributed by atoms with E-state index in [4.69, 9.17) is 10.5 Å². The second-order valence-corrected chi connectivity index (χ2v) is 4.83. The standard InChI is InChI=1S/C15H17FN2O/c1-15(17,12-7-13(16)10-18-9-12)8-11-3-5-14(19-2)6-4-11/h3-7,9-10H,8,17H2,1-2H3. The zero-order valence-corrected chi connectivity index (χ0v) is 11.1. The van der Waals surface area contributed by atoms with Crippen molar-refractivity contribution in [1.82, 2.24) is 4.98 Å². The number of hydrogen-bond acceptors (Lipinski definition) is 3. The van der Waals surface area contributed by atoms with Crippen LogP contribution in [-0.4, -0.2) is 12.1 Å². The fourth-order valence-electron chi connectivity index (χ4n) is 1.99. The lowest BCUT2D eigenvalue weighted by atomic mass is 9.87. The molecule has 1 aromatic heterocycles. The number of nitrogens with zero attached hydrogens (tertiary/aromatic N) is 1. The monoisotopic (exact) mass is 260 g/mol. The number of rotatable bonds is 4. The van der Waals surface area contributed by atoms with Crippen LogP contribution in [0.2, 0.25) is 0 Å². The molecule has 19 heavy (non-hydrogen) atoms. The summed E-state index contributed by atoms with van der Waals surface area (Å²) < 4.78 is 18.3. The minimum Gasteiger partial charge on any atom is -0.497 e. The number of nitrogens with two attached hydrogens (primary N) is 1. The van der Waals surface area contributed by atoms with E-state index in [1.54, 1.807) is 13.3 Å². The summed E-state index contributed by atoms with van der Waals surface area (Å²) in [6.45, 7) is 1.87. The molecule has 0 bridgehead atoms. The summed E-state index contributed by atoms with van der Waals surface area (Å²) in [5.74, 6) is 0.429. The first kappa shape index (κ1) is 13.5. The van der Waals surface area contributed by atoms with Crippen molar-refractivity contribution in [1.29, 1.82) is 0 Å². The maximum absolute atomic E-state index is 13.2. The van der Waals surface area contributed by atoms with Crippen molar-refractivity contribution in [2.45, 2.75) is 18.9 Å². The second kappa shape index (κ2) is 5.36. The van der Waals surface area contributed by atoms with Crippen LogP contribution in [0.1, 0.15) is 18.1 Å². The van der Waals surface area contributed by atoms with Gasteiger partial charge in [-0.2, -0.15) is 0 Å². The zero-order valence-electron chi connectivity index (χ0n) is 11.1. The summed E-state index contributed by atoms with van der Waals surface area (Å²) in [6, 6.07) is 9.11. The predicted molar refractivity (Wildman–Crippen MR) is 72.4 cm³/mol. The van der Waals surface area contributed by atoms with Gasteiger partial charge in [-0.3, -0.25) is 4.98 Å². The summed E-state index contributed by atoms with van der Waals surface area (Å²) >= 11 is 0. The molecule has 0 aliphatic rings. The van der Waals surface area contributed by atoms with Gasteiger partial charge in [0.15, 0.2) is 0 Å². The van der Waals surface area contributed by atoms with Gasteiger partial charge in [-0.15, -0.1) is 0 Å². The summed E-state index contributed by atoms with van der Waals surface area (Å²) in [4.78, 5) is 3.84. The maximum atomic E-state index is 13.2. The molecule has 0 amide bonds. The molecule has 2 rings (SSSR count). The number of ether oxygens (including phenoxy) is 1. The summed E-state index contributed by atoms with van der Waals surface area (Å²) in [5, 5.41) is 0. The van der Waals surface area contributed by atoms with Gasteiger partial charge in [0, 0.05) is 11.7 Å². The first-order valence-electron chi connectivity index (χ1n) is 6.04. The maximum Gasteiger partial charge on any atom is 0.141 e. The molecule has 1 atom stereocenters. The topological polar surface area (TPSA) is 48.1 Å². The van der Waals surface area contributed by atoms with Crippen molar-refractivity contribution in [3.8, 4) is 5.75 Å². The van der Waals surface area contributed by atoms with E-state index in [2.05, 4.69) is 4.98 Å². The third-order valence-corrected chi connectivity index (χ3v) is 3.09. The minimum atomic E-state index is -0.663. The molecule has 0 spiro atoms. The highest BCUT2D eigenvalue weighted by Gasteiger charge is 2.22. The van der Waals surface area contributed by atoms with Crippen molar-refractivity contribution in [2.24, 2.45) is 5.73 Å². The highest BCUT2D eigenvalue weighted by atomic mass is 19.1. The summed E-state index contributed by atoms with van der Waals surface area (Å²) in [6.07, 6.45) is 3.38. The molecule has 0 saturated carbocycles. The van der Waals surface area contributed by atoms with Crippen LogP contribution in [0.3, 0.4) is 0 Å². The van der Waals surface area contributed by atoms with Gasteiger partial charge in [0.05, 0.1) is 13.3 Å². The molecule has 0 fully saturated rings. The summed E-state index contributed by atoms with van der Waals surface area (Å²) in [5.41, 5.74) is 7.36. The Bertz CT molecular complexity index is 552. The Morgan fingerprint density at radius 3 is 2.53 bits per heavy atom. The van der Waals surface area contributed by atoms with Crippen LogP contribution in [0.5, 0.6) is 5.75 Å². The van der Waals surface area contributed by atoms with Crippen LogP contribution >= 0.6 is 0 Å². The van der Waals surface area contributed by atoms with Gasteiger partial charge in [0.1, 0.15) is 11.6 Å². The average Bonchev–Trinajstić information content (AvgIpc) is 2.39. The predicted octanol–water partition coefficient (Wildman–Crippen LogP) is 2.65. The Morgan fingerprint density at radius 1 is 1.26 bits per heavy atom. The van der Waals surface area contributed by atoms with Crippen LogP contribution in [0, 0.1) is 5.82 Å². The Morgan fingerprint density at radius 2 is 1.95 bits per heavy atom. The number of hydrogen-bond donors (Lipinski definition) is 1. The molecule has 1 aromatic carbocycles. The van der Waals surface area contributed by atoms with Crippen molar-refractivity contribution < 1.29 is 9.13 Å². The van der Waals surface area contributed by atoms with E-state index in [9.17, 15) is 4.39 Å². The Balaban J connectivity index is 2.20. The van der Waals surface area contributed by atoms with E-state index >= 15 is 0 Å². The van der Waals surface area contributed by atoms with Gasteiger partial charge in [0.25, 0.3) is 0 Å². The fraction of sp³-hybridized carbons (Fsp3) is 0.267. The van der Waals surface area contributed by atoms with Crippen LogP contribution in [0.15, 0.2) is 42.7 Å². The van der Waals surface area contributed by atoms with Crippen LogP contribution < -0.4 is 10.5 Å². The van der Waals surface area contributed by atoms with Crippen LogP contribution in [0.25, 0.3) is 0 Å². The minimum absolute atomic E-state index is 0.371. The van der Waals surface area contributed by atoms with E-state index in [0.29, 0.717) is 12.0 Å². The van der Waals surface area contributed by atoms with E-state index < -0.39 is 5.54 Å². The van der Waals surface area contributed by atoms with Gasteiger partial charge in [0.2, 0.25) is 0 Å². The lowest BCUT2D eigenvalue weighted by Gasteiger charge is -2.25. The van der Waals surface area contributed by atoms with Gasteiger partial charge in [-0.1, -0.05) is 12.1 Å². The molecule has 1 unspecified atom stereocenters. The molecular formula is C15H17FN2O. The third kappa shape index (κ3) is 3.29. The van der Waals surface area contributed by atoms with Crippen molar-refractivity contribution in [3.63, 3.8) is 0 Å². The molecule has 3 nitrogen and oxygen atoms in total. The summed E-state index contributed by atoms with van der Waals surface area (Å²) in [7, 11) is 1.63. The van der Waals surface area contributed by atoms with Gasteiger partial charge in [-0.05, 0) is 42.7 Å². The first-order chi connectivity index (χ1) is 9.01. The van der Waals surface area contributed by atoms with Crippen molar-refractivity contribution >= 4 is 0 Å². The lowest BCUT2D eigenvalue weighted by Crippen LogP contribution is -2.35. The molecule has 1 heterocycles. The highest BCUT2D eigenvalue weighted by molar-refractivity contribution is 5.30. The molecule has 0 saturated heterocycles. The average molecular weight is 260 g/mol. The molecule has 4 heteroatoms. The van der Waals surface area contributed by atoms with E-state index in [-0.39, 0.29) is 5.82 Å². The zero-order chi connectivity index (χ0) is 13.9. The van der Waals surface area contributed by atoms with Crippen molar-refractivity contribution in [2.75, 3.05) is 7.11 Å². The fourth-order valence-corrected chi connectivity index (χ4v) is 1.99. The molecular weight excluding hydrogens is 243 g/mol. The lowest BCUT2D eigenvalue weighted by molar-refractivity contribution is 0.414. The molecule has 0 aliphatic heterocycles. The van der Waals surface area contributed by atoms with E-state index in [1.807, 2.05) is 31.2 Å². The van der Waals surface area contributed by atoms with Gasteiger partial charge >= 0.3 is 0 Å². The number of pyridine rings is 1. The Kier molecular flexibility index (Phi) is 3.81.